The second kappa shape index (κ2) is 17.4. The van der Waals surface area contributed by atoms with Gasteiger partial charge in [-0.3, -0.25) is 0 Å². The maximum atomic E-state index is 6.55. The Morgan fingerprint density at radius 1 is 0.690 bits per heavy atom. The summed E-state index contributed by atoms with van der Waals surface area (Å²) in [6.07, 6.45) is 6.46. The van der Waals surface area contributed by atoms with E-state index in [1.165, 1.54) is 71.7 Å². The molecule has 58 heavy (non-hydrogen) atoms. The lowest BCUT2D eigenvalue weighted by atomic mass is 9.98. The van der Waals surface area contributed by atoms with Crippen LogP contribution in [-0.4, -0.2) is 68.3 Å². The normalized spacial score (nSPS) is 14.1. The smallest absolute Gasteiger partial charge is 0.347 e. The summed E-state index contributed by atoms with van der Waals surface area (Å²) in [5.74, 6) is 4.55. The van der Waals surface area contributed by atoms with Crippen LogP contribution in [0.1, 0.15) is 23.4 Å². The molecule has 1 aromatic heterocycles. The summed E-state index contributed by atoms with van der Waals surface area (Å²) < 4.78 is 7.08. The van der Waals surface area contributed by atoms with Crippen molar-refractivity contribution >= 4 is 118 Å². The van der Waals surface area contributed by atoms with Gasteiger partial charge in [-0.1, -0.05) is 105 Å². The number of rotatable bonds is 14. The number of fused-ring (bicyclic) bond motifs is 4. The molecule has 1 atom stereocenters. The van der Waals surface area contributed by atoms with Gasteiger partial charge >= 0.3 is 5.84 Å². The van der Waals surface area contributed by atoms with Crippen LogP contribution in [0.2, 0.25) is 10.0 Å². The third-order valence-electron chi connectivity index (χ3n) is 11.5. The van der Waals surface area contributed by atoms with Crippen LogP contribution in [0.5, 0.6) is 0 Å². The molecule has 296 valence electrons. The minimum absolute atomic E-state index is 0.747. The van der Waals surface area contributed by atoms with Gasteiger partial charge in [0.05, 0.1) is 19.2 Å². The number of quaternary nitrogens is 1. The Kier molecular flexibility index (Phi) is 12.1. The number of hydrogen-bond donors (Lipinski definition) is 1. The van der Waals surface area contributed by atoms with Gasteiger partial charge in [0.2, 0.25) is 5.69 Å². The molecule has 0 saturated heterocycles. The first kappa shape index (κ1) is 40.3. The highest BCUT2D eigenvalue weighted by Gasteiger charge is 2.40. The fourth-order valence-electron chi connectivity index (χ4n) is 8.60. The minimum Gasteiger partial charge on any atom is -0.377 e. The molecular formula is C48H51Cl2N6S2+3. The predicted molar refractivity (Wildman–Crippen MR) is 255 cm³/mol. The number of anilines is 2. The van der Waals surface area contributed by atoms with Crippen molar-refractivity contribution in [2.45, 2.75) is 19.4 Å². The van der Waals surface area contributed by atoms with Crippen LogP contribution < -0.4 is 19.3 Å². The molecule has 7 aromatic rings. The Balaban J connectivity index is 0.967. The average Bonchev–Trinajstić information content (AvgIpc) is 3.63. The summed E-state index contributed by atoms with van der Waals surface area (Å²) in [7, 11) is 16.7. The molecule has 0 radical (unpaired) electrons. The number of aromatic nitrogens is 2. The number of nitrogens with zero attached hydrogens (tertiary/aromatic N) is 5. The Morgan fingerprint density at radius 3 is 2.07 bits per heavy atom. The molecule has 1 unspecified atom stereocenters. The van der Waals surface area contributed by atoms with Gasteiger partial charge in [-0.15, -0.1) is 4.58 Å². The van der Waals surface area contributed by atoms with Crippen molar-refractivity contribution in [3.63, 3.8) is 0 Å². The molecule has 6 nitrogen and oxygen atoms in total. The Labute approximate surface area is 360 Å². The van der Waals surface area contributed by atoms with E-state index < -0.39 is 0 Å². The number of imidazole rings is 1. The van der Waals surface area contributed by atoms with Crippen molar-refractivity contribution in [3.8, 4) is 0 Å². The second-order valence-corrected chi connectivity index (χ2v) is 18.9. The van der Waals surface area contributed by atoms with E-state index in [0.29, 0.717) is 0 Å². The maximum absolute atomic E-state index is 6.55. The van der Waals surface area contributed by atoms with Gasteiger partial charge in [0, 0.05) is 90.4 Å². The highest BCUT2D eigenvalue weighted by atomic mass is 35.5. The molecule has 0 spiro atoms. The minimum atomic E-state index is 0.747. The van der Waals surface area contributed by atoms with E-state index >= 15 is 0 Å². The van der Waals surface area contributed by atoms with E-state index in [2.05, 4.69) is 175 Å². The molecule has 8 rings (SSSR count). The molecule has 6 aromatic carbocycles. The number of halogens is 2. The number of hydrogen-bond acceptors (Lipinski definition) is 4. The highest BCUT2D eigenvalue weighted by molar-refractivity contribution is 8.76. The third-order valence-corrected chi connectivity index (χ3v) is 14.3. The lowest BCUT2D eigenvalue weighted by molar-refractivity contribution is -0.741. The zero-order chi connectivity index (χ0) is 40.5. The van der Waals surface area contributed by atoms with Gasteiger partial charge < -0.3 is 9.80 Å². The van der Waals surface area contributed by atoms with Crippen LogP contribution in [-0.2, 0) is 20.0 Å². The SMILES string of the molecule is CN(C)c1ccc(/C=C/c2n(C)c3cc(Cl)ccc3[n+]2CCSSCC[NH+]2C(CCc3ccc(N(C)C)c4ccccc34)=[N+](C)c3cc(Cl)ccc32)c2ccccc12. The number of aryl methyl sites for hydroxylation is 3. The summed E-state index contributed by atoms with van der Waals surface area (Å²) in [5, 5.41) is 6.66. The summed E-state index contributed by atoms with van der Waals surface area (Å²) in [6, 6.07) is 39.1. The zero-order valence-corrected chi connectivity index (χ0v) is 37.2. The molecule has 2 heterocycles. The van der Waals surface area contributed by atoms with E-state index in [9.17, 15) is 0 Å². The number of benzene rings is 6. The van der Waals surface area contributed by atoms with Crippen LogP contribution in [0.4, 0.5) is 22.7 Å². The second-order valence-electron chi connectivity index (χ2n) is 15.4. The van der Waals surface area contributed by atoms with Gasteiger partial charge in [-0.25, -0.2) is 14.0 Å². The largest absolute Gasteiger partial charge is 0.377 e. The standard InChI is InChI=1S/C48H50Cl2N6S2/c1-51(2)41-21-15-33(37-11-7-9-13-39(37)41)17-25-47-53(5)45-31-35(49)19-23-43(45)55(47)27-29-57-58-30-28-56-44-24-20-36(50)32-46(44)54(6)48(56)26-18-34-16-22-42(52(3)4)40-14-10-8-12-38(34)40/h7-17,19-25,31-32H,18,26-30H2,1-6H3/q+2/p+1. The molecule has 0 aliphatic carbocycles. The summed E-state index contributed by atoms with van der Waals surface area (Å²) >= 11 is 13.1. The van der Waals surface area contributed by atoms with Crippen molar-refractivity contribution in [1.29, 1.82) is 0 Å². The molecule has 1 aliphatic rings. The lowest BCUT2D eigenvalue weighted by Crippen LogP contribution is -3.09. The average molecular weight is 847 g/mol. The summed E-state index contributed by atoms with van der Waals surface area (Å²) in [4.78, 5) is 5.82. The van der Waals surface area contributed by atoms with Gasteiger partial charge in [0.25, 0.3) is 11.5 Å². The fourth-order valence-corrected chi connectivity index (χ4v) is 10.9. The Bertz CT molecular complexity index is 2720. The first-order valence-electron chi connectivity index (χ1n) is 19.8. The molecular weight excluding hydrogens is 796 g/mol. The van der Waals surface area contributed by atoms with Gasteiger partial charge in [-0.05, 0) is 64.7 Å². The summed E-state index contributed by atoms with van der Waals surface area (Å²) in [5.41, 5.74) is 9.89. The number of nitrogens with one attached hydrogen (secondary N) is 1. The third kappa shape index (κ3) is 7.97. The van der Waals surface area contributed by atoms with Gasteiger partial charge in [0.15, 0.2) is 11.0 Å². The van der Waals surface area contributed by atoms with E-state index in [1.54, 1.807) is 0 Å². The lowest BCUT2D eigenvalue weighted by Gasteiger charge is -2.17. The van der Waals surface area contributed by atoms with Crippen LogP contribution in [0.25, 0.3) is 44.7 Å². The van der Waals surface area contributed by atoms with Crippen molar-refractivity contribution < 1.29 is 14.0 Å². The van der Waals surface area contributed by atoms with Crippen molar-refractivity contribution in [2.75, 3.05) is 63.1 Å². The Morgan fingerprint density at radius 2 is 1.33 bits per heavy atom. The van der Waals surface area contributed by atoms with Gasteiger partial charge in [0.1, 0.15) is 20.1 Å². The molecule has 1 N–H and O–H groups in total. The molecule has 1 aliphatic heterocycles. The molecule has 0 amide bonds. The topological polar surface area (TPSA) is 22.7 Å². The molecule has 0 fully saturated rings. The van der Waals surface area contributed by atoms with Crippen LogP contribution in [0.3, 0.4) is 0 Å². The van der Waals surface area contributed by atoms with Crippen molar-refractivity contribution in [2.24, 2.45) is 7.05 Å². The van der Waals surface area contributed by atoms with Crippen molar-refractivity contribution in [1.82, 2.24) is 4.57 Å². The maximum Gasteiger partial charge on any atom is 0.347 e. The molecule has 10 heteroatoms. The molecule has 0 saturated carbocycles. The first-order valence-corrected chi connectivity index (χ1v) is 23.1. The predicted octanol–water partition coefficient (Wildman–Crippen LogP) is 10.3. The van der Waals surface area contributed by atoms with E-state index in [4.69, 9.17) is 23.2 Å². The summed E-state index contributed by atoms with van der Waals surface area (Å²) in [6.45, 7) is 1.88. The van der Waals surface area contributed by atoms with Crippen LogP contribution in [0.15, 0.2) is 109 Å². The number of amidine groups is 1. The Hall–Kier alpha value is -4.44. The monoisotopic (exact) mass is 845 g/mol. The first-order chi connectivity index (χ1) is 28.1. The zero-order valence-electron chi connectivity index (χ0n) is 34.1. The van der Waals surface area contributed by atoms with E-state index in [0.717, 1.165) is 58.8 Å². The van der Waals surface area contributed by atoms with E-state index in [1.807, 2.05) is 33.7 Å². The quantitative estimate of drug-likeness (QED) is 0.0669. The fraction of sp³-hybridized carbons (Fsp3) is 0.250. The van der Waals surface area contributed by atoms with Gasteiger partial charge in [-0.2, -0.15) is 0 Å². The van der Waals surface area contributed by atoms with Crippen molar-refractivity contribution in [3.05, 3.63) is 136 Å². The molecule has 0 bridgehead atoms. The van der Waals surface area contributed by atoms with Crippen LogP contribution >= 0.6 is 44.8 Å². The highest BCUT2D eigenvalue weighted by Crippen LogP contribution is 2.33. The van der Waals surface area contributed by atoms with E-state index in [-0.39, 0.29) is 0 Å². The van der Waals surface area contributed by atoms with Crippen LogP contribution in [0, 0.1) is 0 Å².